The molecule has 0 N–H and O–H groups in total. The highest BCUT2D eigenvalue weighted by Gasteiger charge is 2.09. The summed E-state index contributed by atoms with van der Waals surface area (Å²) < 4.78 is 20.6. The maximum Gasteiger partial charge on any atom is 0.233 e. The van der Waals surface area contributed by atoms with Crippen LogP contribution in [0.15, 0.2) is 39.8 Å². The number of hydrogen-bond donors (Lipinski definition) is 0. The molecule has 1 aromatic heterocycles. The summed E-state index contributed by atoms with van der Waals surface area (Å²) in [6.45, 7) is 0.362. The van der Waals surface area contributed by atoms with Gasteiger partial charge in [-0.1, -0.05) is 33.8 Å². The standard InChI is InChI=1S/C12H12BrFN2OS/c1-16-6-5-12(15-16)17-7-9-10(13)3-2-4-11(9)18-8-14/h2-6H,7-8H2,1H3. The van der Waals surface area contributed by atoms with Gasteiger partial charge in [-0.15, -0.1) is 5.10 Å². The smallest absolute Gasteiger partial charge is 0.233 e. The molecular formula is C12H12BrFN2OS. The Morgan fingerprint density at radius 2 is 2.28 bits per heavy atom. The van der Waals surface area contributed by atoms with Crippen LogP contribution in [0.5, 0.6) is 5.88 Å². The molecule has 0 atom stereocenters. The van der Waals surface area contributed by atoms with Crippen LogP contribution in [0.3, 0.4) is 0 Å². The molecule has 1 heterocycles. The molecular weight excluding hydrogens is 319 g/mol. The van der Waals surface area contributed by atoms with Crippen molar-refractivity contribution in [2.75, 3.05) is 6.01 Å². The number of aromatic nitrogens is 2. The highest BCUT2D eigenvalue weighted by atomic mass is 79.9. The molecule has 18 heavy (non-hydrogen) atoms. The van der Waals surface area contributed by atoms with E-state index in [1.54, 1.807) is 10.7 Å². The number of aryl methyl sites for hydroxylation is 1. The predicted molar refractivity (Wildman–Crippen MR) is 73.5 cm³/mol. The lowest BCUT2D eigenvalue weighted by molar-refractivity contribution is 0.287. The van der Waals surface area contributed by atoms with Crippen molar-refractivity contribution in [1.29, 1.82) is 0 Å². The molecule has 0 bridgehead atoms. The third kappa shape index (κ3) is 3.26. The Morgan fingerprint density at radius 3 is 2.94 bits per heavy atom. The Bertz CT molecular complexity index is 533. The molecule has 1 aromatic carbocycles. The van der Waals surface area contributed by atoms with Gasteiger partial charge in [0.1, 0.15) is 12.6 Å². The lowest BCUT2D eigenvalue weighted by atomic mass is 10.2. The molecule has 0 saturated heterocycles. The number of ether oxygens (including phenoxy) is 1. The number of rotatable bonds is 5. The molecule has 0 radical (unpaired) electrons. The van der Waals surface area contributed by atoms with E-state index in [1.165, 1.54) is 0 Å². The molecule has 0 aliphatic heterocycles. The van der Waals surface area contributed by atoms with Crippen molar-refractivity contribution < 1.29 is 9.13 Å². The summed E-state index contributed by atoms with van der Waals surface area (Å²) in [4.78, 5) is 0.878. The highest BCUT2D eigenvalue weighted by molar-refractivity contribution is 9.10. The van der Waals surface area contributed by atoms with Gasteiger partial charge in [-0.05, 0) is 12.1 Å². The van der Waals surface area contributed by atoms with Crippen LogP contribution in [0.2, 0.25) is 0 Å². The lowest BCUT2D eigenvalue weighted by Gasteiger charge is -2.10. The van der Waals surface area contributed by atoms with Crippen LogP contribution in [0.1, 0.15) is 5.56 Å². The fourth-order valence-corrected chi connectivity index (χ4v) is 2.74. The van der Waals surface area contributed by atoms with Crippen LogP contribution < -0.4 is 4.74 Å². The summed E-state index contributed by atoms with van der Waals surface area (Å²) >= 11 is 4.61. The largest absolute Gasteiger partial charge is 0.472 e. The van der Waals surface area contributed by atoms with Gasteiger partial charge in [0.25, 0.3) is 0 Å². The third-order valence-electron chi connectivity index (χ3n) is 2.34. The van der Waals surface area contributed by atoms with E-state index in [2.05, 4.69) is 21.0 Å². The molecule has 0 unspecified atom stereocenters. The van der Waals surface area contributed by atoms with Gasteiger partial charge in [0.15, 0.2) is 0 Å². The zero-order valence-corrected chi connectivity index (χ0v) is 12.2. The first-order valence-electron chi connectivity index (χ1n) is 5.29. The Kier molecular flexibility index (Phi) is 4.66. The molecule has 0 saturated carbocycles. The SMILES string of the molecule is Cn1ccc(OCc2c(Br)cccc2SCF)n1. The van der Waals surface area contributed by atoms with Crippen LogP contribution in [-0.2, 0) is 13.7 Å². The molecule has 2 rings (SSSR count). The summed E-state index contributed by atoms with van der Waals surface area (Å²) in [7, 11) is 1.83. The van der Waals surface area contributed by atoms with E-state index in [4.69, 9.17) is 4.74 Å². The van der Waals surface area contributed by atoms with Crippen molar-refractivity contribution in [2.45, 2.75) is 11.5 Å². The van der Waals surface area contributed by atoms with Crippen LogP contribution in [0.4, 0.5) is 4.39 Å². The fraction of sp³-hybridized carbons (Fsp3) is 0.250. The van der Waals surface area contributed by atoms with E-state index in [0.717, 1.165) is 26.7 Å². The number of hydrogen-bond acceptors (Lipinski definition) is 3. The van der Waals surface area contributed by atoms with Crippen molar-refractivity contribution in [3.63, 3.8) is 0 Å². The van der Waals surface area contributed by atoms with Crippen molar-refractivity contribution in [2.24, 2.45) is 7.05 Å². The third-order valence-corrected chi connectivity index (χ3v) is 3.89. The first kappa shape index (κ1) is 13.4. The van der Waals surface area contributed by atoms with Gasteiger partial charge in [0, 0.05) is 34.2 Å². The minimum absolute atomic E-state index is 0.362. The quantitative estimate of drug-likeness (QED) is 0.780. The number of nitrogens with zero attached hydrogens (tertiary/aromatic N) is 2. The number of alkyl halides is 1. The van der Waals surface area contributed by atoms with Crippen LogP contribution >= 0.6 is 27.7 Å². The molecule has 0 fully saturated rings. The van der Waals surface area contributed by atoms with Crippen LogP contribution in [0.25, 0.3) is 0 Å². The van der Waals surface area contributed by atoms with E-state index in [0.29, 0.717) is 12.5 Å². The van der Waals surface area contributed by atoms with E-state index < -0.39 is 6.01 Å². The van der Waals surface area contributed by atoms with E-state index in [9.17, 15) is 4.39 Å². The first-order chi connectivity index (χ1) is 8.70. The first-order valence-corrected chi connectivity index (χ1v) is 7.07. The normalized spacial score (nSPS) is 10.6. The number of thioether (sulfide) groups is 1. The van der Waals surface area contributed by atoms with Gasteiger partial charge in [0.2, 0.25) is 5.88 Å². The van der Waals surface area contributed by atoms with Gasteiger partial charge >= 0.3 is 0 Å². The summed E-state index contributed by atoms with van der Waals surface area (Å²) in [5.74, 6) is 0.560. The van der Waals surface area contributed by atoms with Gasteiger partial charge in [-0.2, -0.15) is 0 Å². The van der Waals surface area contributed by atoms with Crippen molar-refractivity contribution in [3.8, 4) is 5.88 Å². The molecule has 3 nitrogen and oxygen atoms in total. The zero-order valence-electron chi connectivity index (χ0n) is 9.77. The topological polar surface area (TPSA) is 27.1 Å². The van der Waals surface area contributed by atoms with Gasteiger partial charge in [0.05, 0.1) is 0 Å². The van der Waals surface area contributed by atoms with Crippen molar-refractivity contribution in [3.05, 3.63) is 40.5 Å². The van der Waals surface area contributed by atoms with Gasteiger partial charge in [-0.3, -0.25) is 4.68 Å². The Morgan fingerprint density at radius 1 is 1.44 bits per heavy atom. The maximum absolute atomic E-state index is 12.4. The van der Waals surface area contributed by atoms with Crippen molar-refractivity contribution in [1.82, 2.24) is 9.78 Å². The average Bonchev–Trinajstić information content (AvgIpc) is 2.75. The highest BCUT2D eigenvalue weighted by Crippen LogP contribution is 2.29. The predicted octanol–water partition coefficient (Wildman–Crippen LogP) is 3.78. The maximum atomic E-state index is 12.4. The summed E-state index contributed by atoms with van der Waals surface area (Å²) in [6, 6.07) is 7.02. The van der Waals surface area contributed by atoms with E-state index >= 15 is 0 Å². The number of halogens is 2. The monoisotopic (exact) mass is 330 g/mol. The molecule has 0 aliphatic carbocycles. The minimum Gasteiger partial charge on any atom is -0.472 e. The molecule has 6 heteroatoms. The van der Waals surface area contributed by atoms with Crippen molar-refractivity contribution >= 4 is 27.7 Å². The second-order valence-corrected chi connectivity index (χ2v) is 5.39. The van der Waals surface area contributed by atoms with Gasteiger partial charge < -0.3 is 4.74 Å². The zero-order chi connectivity index (χ0) is 13.0. The fourth-order valence-electron chi connectivity index (χ4n) is 1.49. The molecule has 0 aliphatic rings. The van der Waals surface area contributed by atoms with Gasteiger partial charge in [-0.25, -0.2) is 4.39 Å². The Labute approximate surface area is 117 Å². The minimum atomic E-state index is -0.451. The second-order valence-electron chi connectivity index (χ2n) is 3.59. The summed E-state index contributed by atoms with van der Waals surface area (Å²) in [5, 5.41) is 4.13. The van der Waals surface area contributed by atoms with E-state index in [-0.39, 0.29) is 0 Å². The molecule has 2 aromatic rings. The van der Waals surface area contributed by atoms with Crippen LogP contribution in [-0.4, -0.2) is 15.8 Å². The average molecular weight is 331 g/mol. The van der Waals surface area contributed by atoms with E-state index in [1.807, 2.05) is 31.4 Å². The number of benzene rings is 1. The Balaban J connectivity index is 2.12. The molecule has 96 valence electrons. The molecule has 0 spiro atoms. The molecule has 0 amide bonds. The second kappa shape index (κ2) is 6.24. The lowest BCUT2D eigenvalue weighted by Crippen LogP contribution is -2.00. The Hall–Kier alpha value is -1.01. The van der Waals surface area contributed by atoms with Crippen LogP contribution in [0, 0.1) is 0 Å². The summed E-state index contributed by atoms with van der Waals surface area (Å²) in [5.41, 5.74) is 0.936. The summed E-state index contributed by atoms with van der Waals surface area (Å²) in [6.07, 6.45) is 1.81.